The highest BCUT2D eigenvalue weighted by Gasteiger charge is 2.14. The van der Waals surface area contributed by atoms with Gasteiger partial charge in [-0.2, -0.15) is 0 Å². The third-order valence-electron chi connectivity index (χ3n) is 1.52. The quantitative estimate of drug-likeness (QED) is 0.561. The molecule has 0 aliphatic rings. The number of hydrogen-bond donors (Lipinski definition) is 0. The Kier molecular flexibility index (Phi) is 3.62. The zero-order valence-corrected chi connectivity index (χ0v) is 10.1. The van der Waals surface area contributed by atoms with Gasteiger partial charge in [0.2, 0.25) is 0 Å². The van der Waals surface area contributed by atoms with Crippen molar-refractivity contribution in [1.29, 1.82) is 0 Å². The van der Waals surface area contributed by atoms with Crippen molar-refractivity contribution in [2.45, 2.75) is 30.4 Å². The van der Waals surface area contributed by atoms with E-state index in [1.165, 1.54) is 0 Å². The van der Waals surface area contributed by atoms with Crippen LogP contribution in [0.25, 0.3) is 0 Å². The Hall–Kier alpha value is -0.470. The third-order valence-corrected chi connectivity index (χ3v) is 2.94. The van der Waals surface area contributed by atoms with E-state index >= 15 is 0 Å². The van der Waals surface area contributed by atoms with Gasteiger partial charge in [-0.3, -0.25) is 4.79 Å². The van der Waals surface area contributed by atoms with Crippen molar-refractivity contribution in [3.63, 3.8) is 0 Å². The van der Waals surface area contributed by atoms with E-state index in [9.17, 15) is 4.79 Å². The number of benzene rings is 1. The number of thioether (sulfide) groups is 1. The minimum Gasteiger partial charge on any atom is -0.298 e. The van der Waals surface area contributed by atoms with Crippen LogP contribution in [-0.4, -0.2) is 11.0 Å². The Balaban J connectivity index is 3.05. The SMILES string of the molecule is CC(C)(C)Sc1cc(Cl)ccc1C=O. The molecule has 0 aliphatic carbocycles. The average Bonchev–Trinajstić information content (AvgIpc) is 2.01. The van der Waals surface area contributed by atoms with E-state index in [4.69, 9.17) is 11.6 Å². The molecule has 0 amide bonds. The zero-order chi connectivity index (χ0) is 10.8. The molecular formula is C11H13ClOS. The van der Waals surface area contributed by atoms with Crippen molar-refractivity contribution in [2.24, 2.45) is 0 Å². The Morgan fingerprint density at radius 1 is 1.36 bits per heavy atom. The summed E-state index contributed by atoms with van der Waals surface area (Å²) in [6.07, 6.45) is 0.865. The van der Waals surface area contributed by atoms with Crippen LogP contribution >= 0.6 is 23.4 Å². The van der Waals surface area contributed by atoms with Crippen LogP contribution in [0.1, 0.15) is 31.1 Å². The molecular weight excluding hydrogens is 216 g/mol. The summed E-state index contributed by atoms with van der Waals surface area (Å²) >= 11 is 7.52. The van der Waals surface area contributed by atoms with Crippen LogP contribution in [0.4, 0.5) is 0 Å². The normalized spacial score (nSPS) is 11.4. The van der Waals surface area contributed by atoms with Crippen molar-refractivity contribution in [2.75, 3.05) is 0 Å². The fourth-order valence-electron chi connectivity index (χ4n) is 1.02. The van der Waals surface area contributed by atoms with Crippen LogP contribution in [0.3, 0.4) is 0 Å². The molecule has 0 N–H and O–H groups in total. The van der Waals surface area contributed by atoms with Crippen LogP contribution in [0.15, 0.2) is 23.1 Å². The highest BCUT2D eigenvalue weighted by atomic mass is 35.5. The highest BCUT2D eigenvalue weighted by Crippen LogP contribution is 2.34. The molecule has 0 aliphatic heterocycles. The lowest BCUT2D eigenvalue weighted by Gasteiger charge is -2.18. The summed E-state index contributed by atoms with van der Waals surface area (Å²) in [5.74, 6) is 0. The Labute approximate surface area is 93.8 Å². The van der Waals surface area contributed by atoms with Gasteiger partial charge in [0.15, 0.2) is 6.29 Å². The summed E-state index contributed by atoms with van der Waals surface area (Å²) in [5.41, 5.74) is 0.703. The average molecular weight is 229 g/mol. The number of hydrogen-bond acceptors (Lipinski definition) is 2. The summed E-state index contributed by atoms with van der Waals surface area (Å²) in [6, 6.07) is 5.32. The van der Waals surface area contributed by atoms with E-state index < -0.39 is 0 Å². The first-order valence-corrected chi connectivity index (χ1v) is 5.55. The van der Waals surface area contributed by atoms with Crippen LogP contribution < -0.4 is 0 Å². The second-order valence-corrected chi connectivity index (χ2v) is 6.32. The zero-order valence-electron chi connectivity index (χ0n) is 8.50. The molecule has 0 atom stereocenters. The monoisotopic (exact) mass is 228 g/mol. The molecule has 0 heterocycles. The number of carbonyl (C=O) groups is 1. The van der Waals surface area contributed by atoms with E-state index in [0.29, 0.717) is 10.6 Å². The third kappa shape index (κ3) is 3.35. The van der Waals surface area contributed by atoms with E-state index in [2.05, 4.69) is 20.8 Å². The van der Waals surface area contributed by atoms with Crippen LogP contribution in [0.5, 0.6) is 0 Å². The Morgan fingerprint density at radius 2 is 2.00 bits per heavy atom. The minimum absolute atomic E-state index is 0.0858. The van der Waals surface area contributed by atoms with Crippen molar-refractivity contribution in [1.82, 2.24) is 0 Å². The molecule has 1 nitrogen and oxygen atoms in total. The molecule has 1 aromatic rings. The van der Waals surface area contributed by atoms with Crippen molar-refractivity contribution >= 4 is 29.6 Å². The van der Waals surface area contributed by atoms with E-state index in [-0.39, 0.29) is 4.75 Å². The van der Waals surface area contributed by atoms with Gasteiger partial charge >= 0.3 is 0 Å². The largest absolute Gasteiger partial charge is 0.298 e. The van der Waals surface area contributed by atoms with E-state index in [0.717, 1.165) is 11.2 Å². The van der Waals surface area contributed by atoms with Crippen LogP contribution in [-0.2, 0) is 0 Å². The molecule has 76 valence electrons. The lowest BCUT2D eigenvalue weighted by Crippen LogP contribution is -2.07. The maximum absolute atomic E-state index is 10.8. The van der Waals surface area contributed by atoms with Crippen LogP contribution in [0, 0.1) is 0 Å². The predicted molar refractivity (Wildman–Crippen MR) is 62.4 cm³/mol. The van der Waals surface area contributed by atoms with Gasteiger partial charge in [0, 0.05) is 20.2 Å². The van der Waals surface area contributed by atoms with Gasteiger partial charge in [0.1, 0.15) is 0 Å². The summed E-state index contributed by atoms with van der Waals surface area (Å²) in [4.78, 5) is 11.7. The van der Waals surface area contributed by atoms with Gasteiger partial charge < -0.3 is 0 Å². The molecule has 14 heavy (non-hydrogen) atoms. The molecule has 0 fully saturated rings. The lowest BCUT2D eigenvalue weighted by atomic mass is 10.2. The first-order chi connectivity index (χ1) is 6.42. The number of carbonyl (C=O) groups excluding carboxylic acids is 1. The first kappa shape index (κ1) is 11.6. The van der Waals surface area contributed by atoms with Crippen LogP contribution in [0.2, 0.25) is 5.02 Å². The summed E-state index contributed by atoms with van der Waals surface area (Å²) < 4.78 is 0.0858. The van der Waals surface area contributed by atoms with Gasteiger partial charge in [0.25, 0.3) is 0 Å². The smallest absolute Gasteiger partial charge is 0.151 e. The van der Waals surface area contributed by atoms with Gasteiger partial charge in [0.05, 0.1) is 0 Å². The number of rotatable bonds is 2. The molecule has 1 rings (SSSR count). The van der Waals surface area contributed by atoms with Gasteiger partial charge in [-0.1, -0.05) is 32.4 Å². The van der Waals surface area contributed by atoms with E-state index in [1.807, 2.05) is 6.07 Å². The fraction of sp³-hybridized carbons (Fsp3) is 0.364. The molecule has 0 aromatic heterocycles. The first-order valence-electron chi connectivity index (χ1n) is 4.36. The molecule has 1 aromatic carbocycles. The molecule has 0 radical (unpaired) electrons. The molecule has 0 saturated heterocycles. The van der Waals surface area contributed by atoms with Crippen molar-refractivity contribution < 1.29 is 4.79 Å². The molecule has 0 unspecified atom stereocenters. The van der Waals surface area contributed by atoms with Crippen molar-refractivity contribution in [3.05, 3.63) is 28.8 Å². The molecule has 0 spiro atoms. The summed E-state index contributed by atoms with van der Waals surface area (Å²) in [5, 5.41) is 0.669. The molecule has 3 heteroatoms. The fourth-order valence-corrected chi connectivity index (χ4v) is 2.34. The van der Waals surface area contributed by atoms with Gasteiger partial charge in [-0.25, -0.2) is 0 Å². The van der Waals surface area contributed by atoms with Crippen molar-refractivity contribution in [3.8, 4) is 0 Å². The number of aldehydes is 1. The number of halogens is 1. The standard InChI is InChI=1S/C11H13ClOS/c1-11(2,3)14-10-6-9(12)5-4-8(10)7-13/h4-7H,1-3H3. The maximum atomic E-state index is 10.8. The van der Waals surface area contributed by atoms with Gasteiger partial charge in [-0.15, -0.1) is 11.8 Å². The predicted octanol–water partition coefficient (Wildman–Crippen LogP) is 4.04. The molecule has 0 saturated carbocycles. The lowest BCUT2D eigenvalue weighted by molar-refractivity contribution is 0.112. The summed E-state index contributed by atoms with van der Waals surface area (Å²) in [6.45, 7) is 6.31. The highest BCUT2D eigenvalue weighted by molar-refractivity contribution is 8.00. The van der Waals surface area contributed by atoms with E-state index in [1.54, 1.807) is 23.9 Å². The second kappa shape index (κ2) is 4.37. The molecule has 0 bridgehead atoms. The Morgan fingerprint density at radius 3 is 2.50 bits per heavy atom. The van der Waals surface area contributed by atoms with Gasteiger partial charge in [-0.05, 0) is 18.2 Å². The topological polar surface area (TPSA) is 17.1 Å². The summed E-state index contributed by atoms with van der Waals surface area (Å²) in [7, 11) is 0. The Bertz CT molecular complexity index is 342. The minimum atomic E-state index is 0.0858. The maximum Gasteiger partial charge on any atom is 0.151 e. The second-order valence-electron chi connectivity index (χ2n) is 4.01.